The number of hydrogen-bond acceptors (Lipinski definition) is 3. The van der Waals surface area contributed by atoms with E-state index in [9.17, 15) is 10.1 Å². The van der Waals surface area contributed by atoms with E-state index in [-0.39, 0.29) is 11.7 Å². The smallest absolute Gasteiger partial charge is 0.269 e. The van der Waals surface area contributed by atoms with Crippen LogP contribution in [0.25, 0.3) is 0 Å². The van der Waals surface area contributed by atoms with Crippen LogP contribution < -0.4 is 5.73 Å². The number of nitro groups is 1. The normalized spacial score (nSPS) is 12.8. The molecule has 16 heavy (non-hydrogen) atoms. The van der Waals surface area contributed by atoms with Crippen LogP contribution in [0.1, 0.15) is 25.8 Å². The predicted molar refractivity (Wildman–Crippen MR) is 64.2 cm³/mol. The first-order valence-electron chi connectivity index (χ1n) is 5.48. The lowest BCUT2D eigenvalue weighted by Gasteiger charge is -2.13. The minimum Gasteiger partial charge on any atom is -0.327 e. The zero-order valence-electron chi connectivity index (χ0n) is 9.72. The third-order valence-electron chi connectivity index (χ3n) is 2.42. The Kier molecular flexibility index (Phi) is 4.43. The van der Waals surface area contributed by atoms with Crippen LogP contribution >= 0.6 is 0 Å². The quantitative estimate of drug-likeness (QED) is 0.614. The van der Waals surface area contributed by atoms with Gasteiger partial charge in [-0.3, -0.25) is 10.1 Å². The van der Waals surface area contributed by atoms with E-state index in [1.54, 1.807) is 12.1 Å². The number of benzene rings is 1. The molecule has 0 amide bonds. The van der Waals surface area contributed by atoms with E-state index in [4.69, 9.17) is 5.73 Å². The molecule has 0 aliphatic rings. The summed E-state index contributed by atoms with van der Waals surface area (Å²) < 4.78 is 0. The summed E-state index contributed by atoms with van der Waals surface area (Å²) in [4.78, 5) is 10.1. The highest BCUT2D eigenvalue weighted by atomic mass is 16.6. The fourth-order valence-corrected chi connectivity index (χ4v) is 1.75. The first kappa shape index (κ1) is 12.6. The van der Waals surface area contributed by atoms with Gasteiger partial charge in [0.15, 0.2) is 0 Å². The van der Waals surface area contributed by atoms with Gasteiger partial charge in [-0.05, 0) is 24.3 Å². The molecule has 0 aromatic heterocycles. The molecule has 1 aromatic rings. The molecule has 1 unspecified atom stereocenters. The number of non-ortho nitro benzene ring substituents is 1. The number of hydrogen-bond donors (Lipinski definition) is 1. The molecule has 4 heteroatoms. The van der Waals surface area contributed by atoms with E-state index >= 15 is 0 Å². The molecule has 88 valence electrons. The van der Waals surface area contributed by atoms with E-state index in [2.05, 4.69) is 13.8 Å². The van der Waals surface area contributed by atoms with Gasteiger partial charge in [-0.2, -0.15) is 0 Å². The molecule has 0 fully saturated rings. The van der Waals surface area contributed by atoms with Crippen LogP contribution in [0.5, 0.6) is 0 Å². The van der Waals surface area contributed by atoms with Crippen molar-refractivity contribution in [1.82, 2.24) is 0 Å². The van der Waals surface area contributed by atoms with E-state index in [0.717, 1.165) is 18.4 Å². The van der Waals surface area contributed by atoms with Crippen molar-refractivity contribution in [3.63, 3.8) is 0 Å². The van der Waals surface area contributed by atoms with Crippen molar-refractivity contribution in [2.45, 2.75) is 32.7 Å². The zero-order chi connectivity index (χ0) is 12.1. The average Bonchev–Trinajstić information content (AvgIpc) is 2.16. The highest BCUT2D eigenvalue weighted by Crippen LogP contribution is 2.14. The Morgan fingerprint density at radius 1 is 1.31 bits per heavy atom. The van der Waals surface area contributed by atoms with E-state index in [0.29, 0.717) is 5.92 Å². The lowest BCUT2D eigenvalue weighted by molar-refractivity contribution is -0.384. The summed E-state index contributed by atoms with van der Waals surface area (Å²) in [5.74, 6) is 0.577. The second-order valence-corrected chi connectivity index (χ2v) is 4.52. The van der Waals surface area contributed by atoms with Gasteiger partial charge >= 0.3 is 0 Å². The lowest BCUT2D eigenvalue weighted by Crippen LogP contribution is -2.24. The highest BCUT2D eigenvalue weighted by molar-refractivity contribution is 5.33. The Balaban J connectivity index is 2.58. The molecular formula is C12H18N2O2. The van der Waals surface area contributed by atoms with Crippen molar-refractivity contribution in [1.29, 1.82) is 0 Å². The van der Waals surface area contributed by atoms with Crippen LogP contribution in [0.2, 0.25) is 0 Å². The van der Waals surface area contributed by atoms with Crippen LogP contribution in [-0.4, -0.2) is 11.0 Å². The molecule has 4 nitrogen and oxygen atoms in total. The molecule has 1 atom stereocenters. The van der Waals surface area contributed by atoms with E-state index in [1.165, 1.54) is 12.1 Å². The first-order chi connectivity index (χ1) is 7.49. The Hall–Kier alpha value is -1.42. The maximum absolute atomic E-state index is 10.5. The van der Waals surface area contributed by atoms with Crippen LogP contribution in [-0.2, 0) is 6.42 Å². The molecule has 1 aromatic carbocycles. The van der Waals surface area contributed by atoms with Gasteiger partial charge in [0, 0.05) is 18.2 Å². The Morgan fingerprint density at radius 2 is 1.88 bits per heavy atom. The van der Waals surface area contributed by atoms with Gasteiger partial charge in [-0.25, -0.2) is 0 Å². The number of rotatable bonds is 5. The maximum Gasteiger partial charge on any atom is 0.269 e. The molecule has 0 heterocycles. The molecule has 0 bridgehead atoms. The molecule has 2 N–H and O–H groups in total. The molecule has 0 saturated carbocycles. The zero-order valence-corrected chi connectivity index (χ0v) is 9.72. The molecule has 0 saturated heterocycles. The van der Waals surface area contributed by atoms with E-state index < -0.39 is 4.92 Å². The van der Waals surface area contributed by atoms with Gasteiger partial charge in [0.25, 0.3) is 5.69 Å². The standard InChI is InChI=1S/C12H18N2O2/c1-9(2)7-11(13)8-10-3-5-12(6-4-10)14(15)16/h3-6,9,11H,7-8,13H2,1-2H3. The van der Waals surface area contributed by atoms with Gasteiger partial charge in [0.2, 0.25) is 0 Å². The van der Waals surface area contributed by atoms with Crippen molar-refractivity contribution in [3.05, 3.63) is 39.9 Å². The molecule has 1 rings (SSSR count). The Bertz CT molecular complexity index is 347. The second-order valence-electron chi connectivity index (χ2n) is 4.52. The van der Waals surface area contributed by atoms with Gasteiger partial charge in [-0.15, -0.1) is 0 Å². The average molecular weight is 222 g/mol. The monoisotopic (exact) mass is 222 g/mol. The third-order valence-corrected chi connectivity index (χ3v) is 2.42. The molecule has 0 aliphatic carbocycles. The fraction of sp³-hybridized carbons (Fsp3) is 0.500. The Morgan fingerprint density at radius 3 is 2.31 bits per heavy atom. The highest BCUT2D eigenvalue weighted by Gasteiger charge is 2.08. The summed E-state index contributed by atoms with van der Waals surface area (Å²) in [5.41, 5.74) is 7.15. The molecule has 0 spiro atoms. The van der Waals surface area contributed by atoms with Crippen LogP contribution in [0.3, 0.4) is 0 Å². The number of nitrogens with zero attached hydrogens (tertiary/aromatic N) is 1. The van der Waals surface area contributed by atoms with Gasteiger partial charge in [0.05, 0.1) is 4.92 Å². The van der Waals surface area contributed by atoms with Crippen molar-refractivity contribution >= 4 is 5.69 Å². The van der Waals surface area contributed by atoms with Crippen LogP contribution in [0.15, 0.2) is 24.3 Å². The molecular weight excluding hydrogens is 204 g/mol. The fourth-order valence-electron chi connectivity index (χ4n) is 1.75. The van der Waals surface area contributed by atoms with Crippen molar-refractivity contribution in [3.8, 4) is 0 Å². The van der Waals surface area contributed by atoms with Gasteiger partial charge in [0.1, 0.15) is 0 Å². The lowest BCUT2D eigenvalue weighted by atomic mass is 9.98. The minimum absolute atomic E-state index is 0.126. The summed E-state index contributed by atoms with van der Waals surface area (Å²) >= 11 is 0. The Labute approximate surface area is 95.6 Å². The summed E-state index contributed by atoms with van der Waals surface area (Å²) in [6.07, 6.45) is 1.74. The predicted octanol–water partition coefficient (Wildman–Crippen LogP) is 2.51. The SMILES string of the molecule is CC(C)CC(N)Cc1ccc([N+](=O)[O-])cc1. The number of nitro benzene ring substituents is 1. The van der Waals surface area contributed by atoms with Crippen molar-refractivity contribution in [2.75, 3.05) is 0 Å². The molecule has 0 aliphatic heterocycles. The molecule has 0 radical (unpaired) electrons. The van der Waals surface area contributed by atoms with Crippen LogP contribution in [0.4, 0.5) is 5.69 Å². The van der Waals surface area contributed by atoms with E-state index in [1.807, 2.05) is 0 Å². The summed E-state index contributed by atoms with van der Waals surface area (Å²) in [5, 5.41) is 10.5. The largest absolute Gasteiger partial charge is 0.327 e. The summed E-state index contributed by atoms with van der Waals surface area (Å²) in [6.45, 7) is 4.27. The summed E-state index contributed by atoms with van der Waals surface area (Å²) in [6, 6.07) is 6.73. The van der Waals surface area contributed by atoms with Crippen molar-refractivity contribution < 1.29 is 4.92 Å². The first-order valence-corrected chi connectivity index (χ1v) is 5.48. The van der Waals surface area contributed by atoms with Crippen LogP contribution in [0, 0.1) is 16.0 Å². The van der Waals surface area contributed by atoms with Gasteiger partial charge < -0.3 is 5.73 Å². The summed E-state index contributed by atoms with van der Waals surface area (Å²) in [7, 11) is 0. The van der Waals surface area contributed by atoms with Crippen molar-refractivity contribution in [2.24, 2.45) is 11.7 Å². The maximum atomic E-state index is 10.5. The number of nitrogens with two attached hydrogens (primary N) is 1. The second kappa shape index (κ2) is 5.61. The topological polar surface area (TPSA) is 69.2 Å². The third kappa shape index (κ3) is 3.98. The van der Waals surface area contributed by atoms with Gasteiger partial charge in [-0.1, -0.05) is 26.0 Å². The minimum atomic E-state index is -0.391.